The number of unbranched alkanes of at least 4 members (excludes halogenated alkanes) is 2. The van der Waals surface area contributed by atoms with Crippen LogP contribution in [0.3, 0.4) is 0 Å². The number of ether oxygens (including phenoxy) is 1. The smallest absolute Gasteiger partial charge is 0.0721 e. The summed E-state index contributed by atoms with van der Waals surface area (Å²) in [6.45, 7) is 3.61. The van der Waals surface area contributed by atoms with Crippen molar-refractivity contribution >= 4 is 11.6 Å². The Morgan fingerprint density at radius 3 is 2.53 bits per heavy atom. The van der Waals surface area contributed by atoms with Crippen LogP contribution in [-0.2, 0) is 4.74 Å². The van der Waals surface area contributed by atoms with Crippen LogP contribution in [0.25, 0.3) is 0 Å². The van der Waals surface area contributed by atoms with Crippen molar-refractivity contribution in [1.29, 1.82) is 0 Å². The van der Waals surface area contributed by atoms with Gasteiger partial charge in [0.1, 0.15) is 0 Å². The van der Waals surface area contributed by atoms with Gasteiger partial charge in [-0.3, -0.25) is 0 Å². The number of alkyl halides is 1. The van der Waals surface area contributed by atoms with Gasteiger partial charge in [-0.2, -0.15) is 0 Å². The van der Waals surface area contributed by atoms with E-state index in [1.54, 1.807) is 0 Å². The molecule has 0 aliphatic rings. The molecule has 0 N–H and O–H groups in total. The molecule has 0 unspecified atom stereocenters. The Morgan fingerprint density at radius 2 is 1.79 bits per heavy atom. The van der Waals surface area contributed by atoms with Crippen LogP contribution in [0.15, 0.2) is 42.2 Å². The molecule has 0 aromatic carbocycles. The lowest BCUT2D eigenvalue weighted by molar-refractivity contribution is 0.167. The first kappa shape index (κ1) is 18.2. The zero-order valence-electron chi connectivity index (χ0n) is 12.1. The zero-order valence-corrected chi connectivity index (χ0v) is 12.9. The Morgan fingerprint density at radius 1 is 1.00 bits per heavy atom. The summed E-state index contributed by atoms with van der Waals surface area (Å²) in [5, 5.41) is 0. The van der Waals surface area contributed by atoms with Crippen molar-refractivity contribution in [2.45, 2.75) is 45.4 Å². The van der Waals surface area contributed by atoms with Crippen LogP contribution in [0.1, 0.15) is 45.4 Å². The van der Waals surface area contributed by atoms with Crippen LogP contribution in [0.4, 0.5) is 0 Å². The first-order chi connectivity index (χ1) is 9.41. The number of hydrogen-bond donors (Lipinski definition) is 0. The molecule has 0 bridgehead atoms. The summed E-state index contributed by atoms with van der Waals surface area (Å²) in [5.74, 6) is 0.717. The summed E-state index contributed by atoms with van der Waals surface area (Å²) in [4.78, 5) is 0. The van der Waals surface area contributed by atoms with E-state index in [0.717, 1.165) is 32.3 Å². The molecule has 0 saturated heterocycles. The van der Waals surface area contributed by atoms with Crippen LogP contribution in [0, 0.1) is 0 Å². The standard InChI is InChI=1S/C17H27ClO/c1-2-3-4-5-6-7-10-13-16-19-17-14-11-8-9-12-15-18/h4-5,7-8,10,14H,2-3,6,9,12-13,15-17H2,1H3. The minimum absolute atomic E-state index is 0.640. The summed E-state index contributed by atoms with van der Waals surface area (Å²) >= 11 is 5.57. The highest BCUT2D eigenvalue weighted by Gasteiger charge is 1.81. The highest BCUT2D eigenvalue weighted by molar-refractivity contribution is 6.17. The molecule has 0 aromatic heterocycles. The van der Waals surface area contributed by atoms with E-state index in [9.17, 15) is 0 Å². The molecule has 0 radical (unpaired) electrons. The maximum Gasteiger partial charge on any atom is 0.0721 e. The maximum atomic E-state index is 5.57. The van der Waals surface area contributed by atoms with Crippen molar-refractivity contribution in [2.75, 3.05) is 19.1 Å². The molecule has 2 heteroatoms. The summed E-state index contributed by atoms with van der Waals surface area (Å²) < 4.78 is 5.45. The molecule has 0 heterocycles. The molecule has 0 aromatic rings. The number of rotatable bonds is 12. The maximum absolute atomic E-state index is 5.57. The molecule has 0 amide bonds. The van der Waals surface area contributed by atoms with Crippen molar-refractivity contribution in [3.8, 4) is 0 Å². The first-order valence-electron chi connectivity index (χ1n) is 7.25. The average Bonchev–Trinajstić information content (AvgIpc) is 2.43. The summed E-state index contributed by atoms with van der Waals surface area (Å²) in [5.41, 5.74) is 3.09. The fraction of sp³-hybridized carbons (Fsp3) is 0.588. The topological polar surface area (TPSA) is 9.23 Å². The van der Waals surface area contributed by atoms with Crippen molar-refractivity contribution in [3.05, 3.63) is 42.2 Å². The zero-order chi connectivity index (χ0) is 14.0. The van der Waals surface area contributed by atoms with Crippen LogP contribution < -0.4 is 0 Å². The Bertz CT molecular complexity index is 286. The highest BCUT2D eigenvalue weighted by Crippen LogP contribution is 1.94. The van der Waals surface area contributed by atoms with Gasteiger partial charge in [-0.05, 0) is 44.3 Å². The van der Waals surface area contributed by atoms with E-state index in [-0.39, 0.29) is 0 Å². The molecular formula is C17H27ClO. The second-order valence-corrected chi connectivity index (χ2v) is 4.61. The minimum atomic E-state index is 0.640. The molecule has 0 aliphatic carbocycles. The Hall–Kier alpha value is -0.750. The lowest BCUT2D eigenvalue weighted by atomic mass is 10.2. The van der Waals surface area contributed by atoms with Crippen molar-refractivity contribution in [1.82, 2.24) is 0 Å². The summed E-state index contributed by atoms with van der Waals surface area (Å²) in [6.07, 6.45) is 19.2. The Kier molecular flexibility index (Phi) is 16.6. The minimum Gasteiger partial charge on any atom is -0.376 e. The average molecular weight is 283 g/mol. The van der Waals surface area contributed by atoms with Gasteiger partial charge in [0.05, 0.1) is 13.2 Å². The van der Waals surface area contributed by atoms with Crippen LogP contribution in [0.2, 0.25) is 0 Å². The van der Waals surface area contributed by atoms with Gasteiger partial charge in [0.25, 0.3) is 0 Å². The van der Waals surface area contributed by atoms with Gasteiger partial charge in [0.15, 0.2) is 0 Å². The second kappa shape index (κ2) is 17.2. The van der Waals surface area contributed by atoms with E-state index in [0.29, 0.717) is 12.5 Å². The second-order valence-electron chi connectivity index (χ2n) is 4.24. The number of halogens is 1. The molecule has 0 fully saturated rings. The van der Waals surface area contributed by atoms with Crippen LogP contribution >= 0.6 is 11.6 Å². The van der Waals surface area contributed by atoms with Crippen molar-refractivity contribution in [2.24, 2.45) is 0 Å². The number of hydrogen-bond acceptors (Lipinski definition) is 1. The Labute approximate surface area is 123 Å². The fourth-order valence-electron chi connectivity index (χ4n) is 1.36. The van der Waals surface area contributed by atoms with E-state index >= 15 is 0 Å². The summed E-state index contributed by atoms with van der Waals surface area (Å²) in [7, 11) is 0. The fourth-order valence-corrected chi connectivity index (χ4v) is 1.52. The molecule has 19 heavy (non-hydrogen) atoms. The SMILES string of the molecule is CCCC=CCC=CCCOCC=C=CCCCCl. The molecule has 0 spiro atoms. The predicted octanol–water partition coefficient (Wildman–Crippen LogP) is 5.43. The van der Waals surface area contributed by atoms with Crippen molar-refractivity contribution in [3.63, 3.8) is 0 Å². The third-order valence-electron chi connectivity index (χ3n) is 2.41. The third kappa shape index (κ3) is 17.2. The first-order valence-corrected chi connectivity index (χ1v) is 7.78. The quantitative estimate of drug-likeness (QED) is 0.201. The van der Waals surface area contributed by atoms with Gasteiger partial charge >= 0.3 is 0 Å². The van der Waals surface area contributed by atoms with E-state index in [1.165, 1.54) is 12.8 Å². The highest BCUT2D eigenvalue weighted by atomic mass is 35.5. The monoisotopic (exact) mass is 282 g/mol. The van der Waals surface area contributed by atoms with Gasteiger partial charge < -0.3 is 4.74 Å². The number of allylic oxidation sites excluding steroid dienone is 3. The van der Waals surface area contributed by atoms with Gasteiger partial charge in [-0.1, -0.05) is 37.6 Å². The molecule has 108 valence electrons. The predicted molar refractivity (Wildman–Crippen MR) is 85.8 cm³/mol. The van der Waals surface area contributed by atoms with Gasteiger partial charge in [0, 0.05) is 5.88 Å². The third-order valence-corrected chi connectivity index (χ3v) is 2.68. The molecule has 0 atom stereocenters. The van der Waals surface area contributed by atoms with E-state index < -0.39 is 0 Å². The van der Waals surface area contributed by atoms with Crippen LogP contribution in [0.5, 0.6) is 0 Å². The van der Waals surface area contributed by atoms with Crippen LogP contribution in [-0.4, -0.2) is 19.1 Å². The Balaban J connectivity index is 3.30. The normalized spacial score (nSPS) is 11.1. The van der Waals surface area contributed by atoms with E-state index in [4.69, 9.17) is 16.3 Å². The molecule has 1 nitrogen and oxygen atoms in total. The largest absolute Gasteiger partial charge is 0.376 e. The van der Waals surface area contributed by atoms with Gasteiger partial charge in [0.2, 0.25) is 0 Å². The lowest BCUT2D eigenvalue weighted by Gasteiger charge is -1.95. The molecule has 0 rings (SSSR count). The molecule has 0 saturated carbocycles. The van der Waals surface area contributed by atoms with Gasteiger partial charge in [-0.25, -0.2) is 0 Å². The molecule has 0 aliphatic heterocycles. The van der Waals surface area contributed by atoms with Crippen molar-refractivity contribution < 1.29 is 4.74 Å². The molecular weight excluding hydrogens is 256 g/mol. The van der Waals surface area contributed by atoms with Gasteiger partial charge in [-0.15, -0.1) is 17.3 Å². The van der Waals surface area contributed by atoms with E-state index in [2.05, 4.69) is 37.0 Å². The van der Waals surface area contributed by atoms with E-state index in [1.807, 2.05) is 12.2 Å². The summed E-state index contributed by atoms with van der Waals surface area (Å²) in [6, 6.07) is 0. The lowest BCUT2D eigenvalue weighted by Crippen LogP contribution is -1.91.